The standard InChI is InChI=1S/C12H25N3OS/c1-5-12(6-2,10(13)17)11(16)14-8-7-9-15(3)4/h5-9H2,1-4H3,(H2,13,17)(H,14,16). The van der Waals surface area contributed by atoms with E-state index in [0.29, 0.717) is 24.4 Å². The number of hydrogen-bond donors (Lipinski definition) is 2. The molecule has 0 aromatic carbocycles. The number of thiocarbonyl (C=S) groups is 1. The monoisotopic (exact) mass is 259 g/mol. The van der Waals surface area contributed by atoms with E-state index in [0.717, 1.165) is 13.0 Å². The average molecular weight is 259 g/mol. The topological polar surface area (TPSA) is 58.4 Å². The van der Waals surface area contributed by atoms with Crippen molar-refractivity contribution in [3.05, 3.63) is 0 Å². The highest BCUT2D eigenvalue weighted by molar-refractivity contribution is 7.80. The third-order valence-corrected chi connectivity index (χ3v) is 3.57. The molecule has 5 heteroatoms. The Morgan fingerprint density at radius 1 is 1.35 bits per heavy atom. The normalized spacial score (nSPS) is 11.6. The molecule has 1 amide bonds. The van der Waals surface area contributed by atoms with Crippen molar-refractivity contribution in [2.45, 2.75) is 33.1 Å². The van der Waals surface area contributed by atoms with E-state index >= 15 is 0 Å². The van der Waals surface area contributed by atoms with Gasteiger partial charge in [0, 0.05) is 6.54 Å². The van der Waals surface area contributed by atoms with Crippen molar-refractivity contribution in [2.24, 2.45) is 11.1 Å². The molecule has 0 spiro atoms. The lowest BCUT2D eigenvalue weighted by atomic mass is 9.81. The zero-order chi connectivity index (χ0) is 13.5. The lowest BCUT2D eigenvalue weighted by Crippen LogP contribution is -2.48. The number of rotatable bonds is 8. The van der Waals surface area contributed by atoms with Crippen LogP contribution in [0, 0.1) is 5.41 Å². The van der Waals surface area contributed by atoms with Gasteiger partial charge in [0.25, 0.3) is 0 Å². The van der Waals surface area contributed by atoms with E-state index in [9.17, 15) is 4.79 Å². The van der Waals surface area contributed by atoms with Crippen LogP contribution in [-0.4, -0.2) is 43.0 Å². The molecule has 3 N–H and O–H groups in total. The molecule has 100 valence electrons. The van der Waals surface area contributed by atoms with E-state index in [1.807, 2.05) is 27.9 Å². The summed E-state index contributed by atoms with van der Waals surface area (Å²) in [5.74, 6) is -0.0336. The Morgan fingerprint density at radius 2 is 1.88 bits per heavy atom. The minimum atomic E-state index is -0.673. The van der Waals surface area contributed by atoms with Gasteiger partial charge in [-0.25, -0.2) is 0 Å². The molecule has 0 aliphatic heterocycles. The van der Waals surface area contributed by atoms with E-state index in [4.69, 9.17) is 18.0 Å². The van der Waals surface area contributed by atoms with Gasteiger partial charge in [-0.2, -0.15) is 0 Å². The van der Waals surface area contributed by atoms with Gasteiger partial charge in [0.1, 0.15) is 0 Å². The Balaban J connectivity index is 4.31. The summed E-state index contributed by atoms with van der Waals surface area (Å²) in [5.41, 5.74) is 5.04. The zero-order valence-corrected chi connectivity index (χ0v) is 12.2. The van der Waals surface area contributed by atoms with Crippen LogP contribution in [0.5, 0.6) is 0 Å². The molecule has 0 atom stereocenters. The summed E-state index contributed by atoms with van der Waals surface area (Å²) in [5, 5.41) is 2.93. The summed E-state index contributed by atoms with van der Waals surface area (Å²) in [4.78, 5) is 14.5. The average Bonchev–Trinajstić information content (AvgIpc) is 2.26. The predicted molar refractivity (Wildman–Crippen MR) is 76.0 cm³/mol. The molecule has 0 heterocycles. The Hall–Kier alpha value is -0.680. The first-order valence-corrected chi connectivity index (χ1v) is 6.54. The first kappa shape index (κ1) is 16.3. The van der Waals surface area contributed by atoms with Gasteiger partial charge >= 0.3 is 0 Å². The lowest BCUT2D eigenvalue weighted by molar-refractivity contribution is -0.127. The number of nitrogens with one attached hydrogen (secondary N) is 1. The second-order valence-electron chi connectivity index (χ2n) is 4.57. The molecule has 0 saturated heterocycles. The smallest absolute Gasteiger partial charge is 0.233 e. The third kappa shape index (κ3) is 4.60. The highest BCUT2D eigenvalue weighted by Crippen LogP contribution is 2.27. The summed E-state index contributed by atoms with van der Waals surface area (Å²) in [6.45, 7) is 5.52. The van der Waals surface area contributed by atoms with Gasteiger partial charge in [0.2, 0.25) is 5.91 Å². The Kier molecular flexibility index (Phi) is 7.30. The number of amides is 1. The van der Waals surface area contributed by atoms with Crippen LogP contribution in [0.25, 0.3) is 0 Å². The first-order valence-electron chi connectivity index (χ1n) is 6.13. The van der Waals surface area contributed by atoms with Crippen LogP contribution in [0.2, 0.25) is 0 Å². The zero-order valence-electron chi connectivity index (χ0n) is 11.4. The van der Waals surface area contributed by atoms with Crippen LogP contribution in [0.4, 0.5) is 0 Å². The third-order valence-electron chi connectivity index (χ3n) is 3.18. The van der Waals surface area contributed by atoms with Gasteiger partial charge < -0.3 is 16.0 Å². The van der Waals surface area contributed by atoms with Gasteiger partial charge in [0.15, 0.2) is 0 Å². The van der Waals surface area contributed by atoms with Crippen molar-refractivity contribution in [1.82, 2.24) is 10.2 Å². The fourth-order valence-corrected chi connectivity index (χ4v) is 2.18. The molecule has 0 rings (SSSR count). The minimum absolute atomic E-state index is 0.0336. The van der Waals surface area contributed by atoms with E-state index in [1.54, 1.807) is 0 Å². The maximum absolute atomic E-state index is 12.1. The Morgan fingerprint density at radius 3 is 2.24 bits per heavy atom. The van der Waals surface area contributed by atoms with Crippen molar-refractivity contribution >= 4 is 23.1 Å². The number of nitrogens with two attached hydrogens (primary N) is 1. The molecule has 0 aliphatic carbocycles. The highest BCUT2D eigenvalue weighted by Gasteiger charge is 2.37. The van der Waals surface area contributed by atoms with Crippen molar-refractivity contribution in [2.75, 3.05) is 27.2 Å². The molecule has 0 unspecified atom stereocenters. The van der Waals surface area contributed by atoms with Crippen molar-refractivity contribution in [3.63, 3.8) is 0 Å². The van der Waals surface area contributed by atoms with Gasteiger partial charge in [-0.3, -0.25) is 4.79 Å². The van der Waals surface area contributed by atoms with Crippen molar-refractivity contribution in [1.29, 1.82) is 0 Å². The minimum Gasteiger partial charge on any atom is -0.392 e. The van der Waals surface area contributed by atoms with Gasteiger partial charge in [-0.05, 0) is 39.9 Å². The molecule has 0 saturated carbocycles. The molecule has 17 heavy (non-hydrogen) atoms. The number of nitrogens with zero attached hydrogens (tertiary/aromatic N) is 1. The molecule has 0 aliphatic rings. The van der Waals surface area contributed by atoms with E-state index in [-0.39, 0.29) is 5.91 Å². The second kappa shape index (κ2) is 7.61. The fraction of sp³-hybridized carbons (Fsp3) is 0.833. The van der Waals surface area contributed by atoms with Crippen LogP contribution in [0.1, 0.15) is 33.1 Å². The first-order chi connectivity index (χ1) is 7.90. The summed E-state index contributed by atoms with van der Waals surface area (Å²) < 4.78 is 0. The summed E-state index contributed by atoms with van der Waals surface area (Å²) in [6, 6.07) is 0. The molecule has 0 bridgehead atoms. The van der Waals surface area contributed by atoms with Crippen LogP contribution in [0.15, 0.2) is 0 Å². The van der Waals surface area contributed by atoms with Gasteiger partial charge in [-0.1, -0.05) is 26.1 Å². The molecule has 0 fully saturated rings. The molecule has 0 aromatic rings. The second-order valence-corrected chi connectivity index (χ2v) is 5.01. The SMILES string of the molecule is CCC(CC)(C(=O)NCCCN(C)C)C(N)=S. The molecular weight excluding hydrogens is 234 g/mol. The quantitative estimate of drug-likeness (QED) is 0.507. The molecule has 0 aromatic heterocycles. The summed E-state index contributed by atoms with van der Waals surface area (Å²) >= 11 is 5.03. The van der Waals surface area contributed by atoms with Crippen molar-refractivity contribution < 1.29 is 4.79 Å². The predicted octanol–water partition coefficient (Wildman–Crippen LogP) is 1.15. The van der Waals surface area contributed by atoms with Crippen LogP contribution < -0.4 is 11.1 Å². The molecule has 4 nitrogen and oxygen atoms in total. The number of carbonyl (C=O) groups excluding carboxylic acids is 1. The number of hydrogen-bond acceptors (Lipinski definition) is 3. The maximum atomic E-state index is 12.1. The Bertz CT molecular complexity index is 262. The lowest BCUT2D eigenvalue weighted by Gasteiger charge is -2.29. The molecular formula is C12H25N3OS. The largest absolute Gasteiger partial charge is 0.392 e. The van der Waals surface area contributed by atoms with Gasteiger partial charge in [0.05, 0.1) is 10.4 Å². The fourth-order valence-electron chi connectivity index (χ4n) is 1.80. The van der Waals surface area contributed by atoms with Crippen LogP contribution in [0.3, 0.4) is 0 Å². The van der Waals surface area contributed by atoms with Gasteiger partial charge in [-0.15, -0.1) is 0 Å². The van der Waals surface area contributed by atoms with Crippen LogP contribution >= 0.6 is 12.2 Å². The molecule has 0 radical (unpaired) electrons. The summed E-state index contributed by atoms with van der Waals surface area (Å²) in [6.07, 6.45) is 2.23. The summed E-state index contributed by atoms with van der Waals surface area (Å²) in [7, 11) is 4.03. The highest BCUT2D eigenvalue weighted by atomic mass is 32.1. The maximum Gasteiger partial charge on any atom is 0.233 e. The van der Waals surface area contributed by atoms with Crippen LogP contribution in [-0.2, 0) is 4.79 Å². The van der Waals surface area contributed by atoms with E-state index < -0.39 is 5.41 Å². The number of carbonyl (C=O) groups is 1. The van der Waals surface area contributed by atoms with E-state index in [2.05, 4.69) is 10.2 Å². The Labute approximate surface area is 110 Å². The van der Waals surface area contributed by atoms with Crippen molar-refractivity contribution in [3.8, 4) is 0 Å². The van der Waals surface area contributed by atoms with E-state index in [1.165, 1.54) is 0 Å².